The number of rotatable bonds is 3. The molecule has 4 heteroatoms. The van der Waals surface area contributed by atoms with Crippen molar-refractivity contribution in [3.8, 4) is 11.1 Å². The third-order valence-electron chi connectivity index (χ3n) is 5.01. The average Bonchev–Trinajstić information content (AvgIpc) is 3.12. The van der Waals surface area contributed by atoms with Crippen LogP contribution in [0.1, 0.15) is 24.8 Å². The van der Waals surface area contributed by atoms with Crippen molar-refractivity contribution in [2.75, 3.05) is 13.1 Å². The van der Waals surface area contributed by atoms with Gasteiger partial charge < -0.3 is 4.90 Å². The van der Waals surface area contributed by atoms with Crippen LogP contribution in [0.25, 0.3) is 22.0 Å². The number of fused-ring (bicyclic) bond motifs is 1. The van der Waals surface area contributed by atoms with Gasteiger partial charge in [-0.3, -0.25) is 0 Å². The molecule has 3 aromatic rings. The molecule has 0 aliphatic carbocycles. The first-order valence-corrected chi connectivity index (χ1v) is 9.21. The lowest BCUT2D eigenvalue weighted by molar-refractivity contribution is 0.423. The first-order valence-electron chi connectivity index (χ1n) is 8.64. The molecule has 2 atom stereocenters. The van der Waals surface area contributed by atoms with Gasteiger partial charge in [0.25, 0.3) is 0 Å². The highest BCUT2D eigenvalue weighted by Gasteiger charge is 2.26. The van der Waals surface area contributed by atoms with Crippen molar-refractivity contribution in [2.45, 2.75) is 19.3 Å². The summed E-state index contributed by atoms with van der Waals surface area (Å²) >= 11 is 0. The van der Waals surface area contributed by atoms with E-state index in [0.717, 1.165) is 41.7 Å². The molecule has 1 aliphatic heterocycles. The fraction of sp³-hybridized carbons (Fsp3) is 0.238. The van der Waals surface area contributed by atoms with Crippen LogP contribution in [0.3, 0.4) is 0 Å². The molecule has 2 heterocycles. The number of nitrogens with zero attached hydrogens (tertiary/aromatic N) is 3. The Morgan fingerprint density at radius 1 is 1.20 bits per heavy atom. The van der Waals surface area contributed by atoms with E-state index >= 15 is 0 Å². The summed E-state index contributed by atoms with van der Waals surface area (Å²) in [5, 5.41) is 1.11. The van der Waals surface area contributed by atoms with Crippen LogP contribution in [-0.4, -0.2) is 28.0 Å². The van der Waals surface area contributed by atoms with Crippen LogP contribution in [0.2, 0.25) is 0 Å². The highest BCUT2D eigenvalue weighted by atomic mass is 31.0. The third kappa shape index (κ3) is 3.17. The minimum atomic E-state index is 0.474. The van der Waals surface area contributed by atoms with E-state index in [-0.39, 0.29) is 0 Å². The first-order chi connectivity index (χ1) is 12.1. The monoisotopic (exact) mass is 347 g/mol. The standard InChI is InChI=1S/C21H22N3P/c1-14(2)24-9-8-16(13-24)19-11-17(15-6-4-3-5-7-15)10-18-12-22-21(25)23-20(18)19/h3-7,10-12,16H,1,8-9,13,25H2,2H3. The zero-order valence-electron chi connectivity index (χ0n) is 14.4. The minimum absolute atomic E-state index is 0.474. The zero-order chi connectivity index (χ0) is 17.4. The molecule has 25 heavy (non-hydrogen) atoms. The van der Waals surface area contributed by atoms with Crippen molar-refractivity contribution in [1.29, 1.82) is 0 Å². The summed E-state index contributed by atoms with van der Waals surface area (Å²) < 4.78 is 0. The van der Waals surface area contributed by atoms with Crippen LogP contribution in [0.15, 0.2) is 60.9 Å². The summed E-state index contributed by atoms with van der Waals surface area (Å²) in [5.74, 6) is 0.474. The molecule has 0 saturated carbocycles. The van der Waals surface area contributed by atoms with E-state index < -0.39 is 0 Å². The molecule has 2 unspecified atom stereocenters. The lowest BCUT2D eigenvalue weighted by Gasteiger charge is -2.19. The van der Waals surface area contributed by atoms with Crippen molar-refractivity contribution < 1.29 is 0 Å². The molecular formula is C21H22N3P. The molecule has 0 amide bonds. The number of likely N-dealkylation sites (tertiary alicyclic amines) is 1. The lowest BCUT2D eigenvalue weighted by atomic mass is 9.92. The topological polar surface area (TPSA) is 29.0 Å². The fourth-order valence-corrected chi connectivity index (χ4v) is 3.86. The average molecular weight is 347 g/mol. The fourth-order valence-electron chi connectivity index (χ4n) is 3.66. The predicted molar refractivity (Wildman–Crippen MR) is 108 cm³/mol. The third-order valence-corrected chi connectivity index (χ3v) is 5.28. The number of allylic oxidation sites excluding steroid dienone is 1. The lowest BCUT2D eigenvalue weighted by Crippen LogP contribution is -2.17. The van der Waals surface area contributed by atoms with Crippen LogP contribution in [0.4, 0.5) is 0 Å². The van der Waals surface area contributed by atoms with E-state index in [1.54, 1.807) is 0 Å². The molecule has 0 bridgehead atoms. The maximum absolute atomic E-state index is 4.74. The normalized spacial score (nSPS) is 17.2. The second kappa shape index (κ2) is 6.57. The van der Waals surface area contributed by atoms with E-state index in [1.165, 1.54) is 16.7 Å². The molecule has 1 aromatic heterocycles. The summed E-state index contributed by atoms with van der Waals surface area (Å²) in [6, 6.07) is 15.1. The van der Waals surface area contributed by atoms with Gasteiger partial charge in [0.2, 0.25) is 0 Å². The number of hydrogen-bond acceptors (Lipinski definition) is 3. The smallest absolute Gasteiger partial charge is 0.145 e. The van der Waals surface area contributed by atoms with E-state index in [9.17, 15) is 0 Å². The Hall–Kier alpha value is -2.25. The van der Waals surface area contributed by atoms with E-state index in [4.69, 9.17) is 4.98 Å². The molecule has 126 valence electrons. The second-order valence-electron chi connectivity index (χ2n) is 6.76. The Morgan fingerprint density at radius 2 is 2.00 bits per heavy atom. The Bertz CT molecular complexity index is 937. The van der Waals surface area contributed by atoms with Crippen LogP contribution in [-0.2, 0) is 0 Å². The second-order valence-corrected chi connectivity index (χ2v) is 7.28. The maximum Gasteiger partial charge on any atom is 0.145 e. The molecule has 1 saturated heterocycles. The molecular weight excluding hydrogens is 325 g/mol. The van der Waals surface area contributed by atoms with E-state index in [1.807, 2.05) is 6.20 Å². The molecule has 4 rings (SSSR count). The molecule has 1 aliphatic rings. The molecule has 1 fully saturated rings. The van der Waals surface area contributed by atoms with Gasteiger partial charge in [-0.15, -0.1) is 0 Å². The summed E-state index contributed by atoms with van der Waals surface area (Å²) in [5.41, 5.74) is 6.76. The first kappa shape index (κ1) is 16.2. The van der Waals surface area contributed by atoms with Gasteiger partial charge in [0, 0.05) is 36.3 Å². The van der Waals surface area contributed by atoms with Gasteiger partial charge in [0.1, 0.15) is 5.57 Å². The Balaban J connectivity index is 1.86. The predicted octanol–water partition coefficient (Wildman–Crippen LogP) is 4.12. The maximum atomic E-state index is 4.74. The highest BCUT2D eigenvalue weighted by Crippen LogP contribution is 2.35. The van der Waals surface area contributed by atoms with Crippen LogP contribution < -0.4 is 5.57 Å². The van der Waals surface area contributed by atoms with Gasteiger partial charge in [0.15, 0.2) is 0 Å². The largest absolute Gasteiger partial charge is 0.375 e. The van der Waals surface area contributed by atoms with Gasteiger partial charge in [0.05, 0.1) is 5.52 Å². The van der Waals surface area contributed by atoms with E-state index in [0.29, 0.717) is 5.92 Å². The molecule has 0 N–H and O–H groups in total. The van der Waals surface area contributed by atoms with E-state index in [2.05, 4.69) is 75.1 Å². The van der Waals surface area contributed by atoms with Crippen molar-refractivity contribution in [1.82, 2.24) is 14.9 Å². The Labute approximate surface area is 151 Å². The summed E-state index contributed by atoms with van der Waals surface area (Å²) in [6.45, 7) is 8.27. The minimum Gasteiger partial charge on any atom is -0.375 e. The van der Waals surface area contributed by atoms with Gasteiger partial charge >= 0.3 is 0 Å². The quantitative estimate of drug-likeness (QED) is 0.668. The SMILES string of the molecule is C=C(C)N1CCC(c2cc(-c3ccccc3)cc3cnc(P)nc23)C1. The number of hydrogen-bond donors (Lipinski definition) is 0. The Morgan fingerprint density at radius 3 is 2.72 bits per heavy atom. The van der Waals surface area contributed by atoms with Crippen molar-refractivity contribution in [3.05, 3.63) is 66.5 Å². The molecule has 2 aromatic carbocycles. The summed E-state index contributed by atoms with van der Waals surface area (Å²) in [4.78, 5) is 11.5. The van der Waals surface area contributed by atoms with Crippen LogP contribution in [0, 0.1) is 0 Å². The Kier molecular flexibility index (Phi) is 4.27. The van der Waals surface area contributed by atoms with Crippen molar-refractivity contribution >= 4 is 25.7 Å². The van der Waals surface area contributed by atoms with Gasteiger partial charge in [-0.2, -0.15) is 0 Å². The molecule has 0 spiro atoms. The number of benzene rings is 2. The molecule has 3 nitrogen and oxygen atoms in total. The zero-order valence-corrected chi connectivity index (χ0v) is 15.6. The van der Waals surface area contributed by atoms with Gasteiger partial charge in [-0.05, 0) is 42.2 Å². The number of aromatic nitrogens is 2. The van der Waals surface area contributed by atoms with Crippen molar-refractivity contribution in [3.63, 3.8) is 0 Å². The summed E-state index contributed by atoms with van der Waals surface area (Å²) in [6.07, 6.45) is 3.07. The van der Waals surface area contributed by atoms with Gasteiger partial charge in [-0.1, -0.05) is 46.2 Å². The van der Waals surface area contributed by atoms with Crippen molar-refractivity contribution in [2.24, 2.45) is 0 Å². The van der Waals surface area contributed by atoms with Crippen LogP contribution >= 0.6 is 9.24 Å². The molecule has 0 radical (unpaired) electrons. The highest BCUT2D eigenvalue weighted by molar-refractivity contribution is 7.26. The summed E-state index contributed by atoms with van der Waals surface area (Å²) in [7, 11) is 2.61. The van der Waals surface area contributed by atoms with Crippen LogP contribution in [0.5, 0.6) is 0 Å². The van der Waals surface area contributed by atoms with Gasteiger partial charge in [-0.25, -0.2) is 9.97 Å².